The molecule has 0 atom stereocenters. The van der Waals surface area contributed by atoms with Crippen LogP contribution in [-0.2, 0) is 19.6 Å². The van der Waals surface area contributed by atoms with E-state index in [1.807, 2.05) is 11.4 Å². The molecule has 0 bridgehead atoms. The number of nitrogens with zero attached hydrogens (tertiary/aromatic N) is 1. The molecule has 0 unspecified atom stereocenters. The Morgan fingerprint density at radius 3 is 2.38 bits per heavy atom. The highest BCUT2D eigenvalue weighted by Gasteiger charge is 2.19. The normalized spacial score (nSPS) is 11.2. The molecule has 3 aromatic rings. The zero-order valence-corrected chi connectivity index (χ0v) is 20.3. The fraction of sp³-hybridized carbons (Fsp3) is 0.174. The number of benzene rings is 2. The number of carbonyl (C=O) groups is 3. The van der Waals surface area contributed by atoms with Crippen LogP contribution in [0.15, 0.2) is 64.9 Å². The number of carbonyl (C=O) groups excluding carboxylic acids is 3. The Bertz CT molecular complexity index is 1330. The maximum absolute atomic E-state index is 12.4. The number of rotatable bonds is 8. The monoisotopic (exact) mass is 501 g/mol. The van der Waals surface area contributed by atoms with Gasteiger partial charge < -0.3 is 15.4 Å². The van der Waals surface area contributed by atoms with E-state index in [0.717, 1.165) is 15.4 Å². The predicted octanol–water partition coefficient (Wildman–Crippen LogP) is 2.82. The standard InChI is InChI=1S/C23H23N3O6S2/c1-26(2)34(30,31)19-9-5-7-16(11-19)22(28)24-13-20(27)25-21-12-18(14-33-21)15-6-4-8-17(10-15)23(29)32-3/h4-12,14H,13H2,1-3H3,(H,24,28)(H,25,27). The van der Waals surface area contributed by atoms with Crippen molar-refractivity contribution in [3.63, 3.8) is 0 Å². The molecule has 34 heavy (non-hydrogen) atoms. The Morgan fingerprint density at radius 2 is 1.68 bits per heavy atom. The number of amides is 2. The number of nitrogens with one attached hydrogen (secondary N) is 2. The molecule has 2 N–H and O–H groups in total. The summed E-state index contributed by atoms with van der Waals surface area (Å²) in [5.74, 6) is -1.45. The van der Waals surface area contributed by atoms with Crippen molar-refractivity contribution < 1.29 is 27.5 Å². The maximum Gasteiger partial charge on any atom is 0.337 e. The summed E-state index contributed by atoms with van der Waals surface area (Å²) in [6.07, 6.45) is 0. The second kappa shape index (κ2) is 10.6. The molecule has 1 aromatic heterocycles. The number of methoxy groups -OCH3 is 1. The van der Waals surface area contributed by atoms with Crippen molar-refractivity contribution in [3.05, 3.63) is 71.1 Å². The summed E-state index contributed by atoms with van der Waals surface area (Å²) in [5.41, 5.74) is 2.15. The third kappa shape index (κ3) is 5.87. The molecule has 178 valence electrons. The minimum Gasteiger partial charge on any atom is -0.465 e. The lowest BCUT2D eigenvalue weighted by molar-refractivity contribution is -0.115. The van der Waals surface area contributed by atoms with Gasteiger partial charge in [0, 0.05) is 25.0 Å². The van der Waals surface area contributed by atoms with Crippen molar-refractivity contribution >= 4 is 44.1 Å². The topological polar surface area (TPSA) is 122 Å². The summed E-state index contributed by atoms with van der Waals surface area (Å²) in [7, 11) is 0.431. The van der Waals surface area contributed by atoms with Crippen molar-refractivity contribution in [3.8, 4) is 11.1 Å². The second-order valence-electron chi connectivity index (χ2n) is 7.32. The first-order valence-corrected chi connectivity index (χ1v) is 12.3. The number of sulfonamides is 1. The van der Waals surface area contributed by atoms with E-state index in [4.69, 9.17) is 4.74 Å². The molecular weight excluding hydrogens is 478 g/mol. The van der Waals surface area contributed by atoms with Gasteiger partial charge in [-0.2, -0.15) is 0 Å². The smallest absolute Gasteiger partial charge is 0.337 e. The maximum atomic E-state index is 12.4. The van der Waals surface area contributed by atoms with Crippen molar-refractivity contribution in [2.45, 2.75) is 4.90 Å². The number of hydrogen-bond acceptors (Lipinski definition) is 7. The highest BCUT2D eigenvalue weighted by molar-refractivity contribution is 7.89. The van der Waals surface area contributed by atoms with E-state index >= 15 is 0 Å². The average Bonchev–Trinajstić information content (AvgIpc) is 3.30. The number of esters is 1. The molecule has 11 heteroatoms. The van der Waals surface area contributed by atoms with Gasteiger partial charge in [-0.3, -0.25) is 9.59 Å². The third-order valence-corrected chi connectivity index (χ3v) is 7.42. The van der Waals surface area contributed by atoms with Crippen LogP contribution in [0.2, 0.25) is 0 Å². The Balaban J connectivity index is 1.61. The second-order valence-corrected chi connectivity index (χ2v) is 10.4. The number of anilines is 1. The van der Waals surface area contributed by atoms with Crippen LogP contribution < -0.4 is 10.6 Å². The summed E-state index contributed by atoms with van der Waals surface area (Å²) in [4.78, 5) is 36.4. The van der Waals surface area contributed by atoms with E-state index in [2.05, 4.69) is 10.6 Å². The molecule has 0 aliphatic heterocycles. The predicted molar refractivity (Wildman–Crippen MR) is 129 cm³/mol. The molecule has 2 aromatic carbocycles. The van der Waals surface area contributed by atoms with Gasteiger partial charge in [-0.25, -0.2) is 17.5 Å². The van der Waals surface area contributed by atoms with Gasteiger partial charge in [0.1, 0.15) is 0 Å². The lowest BCUT2D eigenvalue weighted by atomic mass is 10.1. The van der Waals surface area contributed by atoms with Gasteiger partial charge in [-0.05, 0) is 47.5 Å². The quantitative estimate of drug-likeness (QED) is 0.458. The zero-order valence-electron chi connectivity index (χ0n) is 18.7. The van der Waals surface area contributed by atoms with E-state index in [0.29, 0.717) is 10.6 Å². The molecule has 0 saturated heterocycles. The largest absolute Gasteiger partial charge is 0.465 e. The molecule has 9 nitrogen and oxygen atoms in total. The highest BCUT2D eigenvalue weighted by Crippen LogP contribution is 2.29. The van der Waals surface area contributed by atoms with Crippen LogP contribution in [0.3, 0.4) is 0 Å². The van der Waals surface area contributed by atoms with E-state index in [1.54, 1.807) is 24.3 Å². The number of thiophene rings is 1. The zero-order chi connectivity index (χ0) is 24.9. The summed E-state index contributed by atoms with van der Waals surface area (Å²) in [6.45, 7) is -0.297. The molecule has 0 saturated carbocycles. The van der Waals surface area contributed by atoms with Crippen LogP contribution in [0.4, 0.5) is 5.00 Å². The molecule has 1 heterocycles. The molecule has 0 radical (unpaired) electrons. The SMILES string of the molecule is COC(=O)c1cccc(-c2csc(NC(=O)CNC(=O)c3cccc(S(=O)(=O)N(C)C)c3)c2)c1. The van der Waals surface area contributed by atoms with Gasteiger partial charge >= 0.3 is 5.97 Å². The van der Waals surface area contributed by atoms with E-state index in [-0.39, 0.29) is 17.0 Å². The first-order valence-electron chi connectivity index (χ1n) is 9.99. The fourth-order valence-corrected chi connectivity index (χ4v) is 4.72. The van der Waals surface area contributed by atoms with Gasteiger partial charge in [0.2, 0.25) is 15.9 Å². The Hall–Kier alpha value is -3.54. The van der Waals surface area contributed by atoms with E-state index < -0.39 is 27.8 Å². The summed E-state index contributed by atoms with van der Waals surface area (Å²) >= 11 is 1.30. The number of hydrogen-bond donors (Lipinski definition) is 2. The van der Waals surface area contributed by atoms with Crippen molar-refractivity contribution in [2.75, 3.05) is 33.1 Å². The summed E-state index contributed by atoms with van der Waals surface area (Å²) < 4.78 is 30.3. The van der Waals surface area contributed by atoms with Crippen molar-refractivity contribution in [1.82, 2.24) is 9.62 Å². The van der Waals surface area contributed by atoms with Crippen LogP contribution in [0.1, 0.15) is 20.7 Å². The minimum atomic E-state index is -3.68. The lowest BCUT2D eigenvalue weighted by Gasteiger charge is -2.12. The Labute approximate surface area is 201 Å². The molecular formula is C23H23N3O6S2. The third-order valence-electron chi connectivity index (χ3n) is 4.76. The Kier molecular flexibility index (Phi) is 7.82. The van der Waals surface area contributed by atoms with E-state index in [1.165, 1.54) is 56.8 Å². The molecule has 2 amide bonds. The average molecular weight is 502 g/mol. The van der Waals surface area contributed by atoms with Crippen LogP contribution in [-0.4, -0.2) is 58.3 Å². The molecule has 0 aliphatic rings. The van der Waals surface area contributed by atoms with Crippen LogP contribution in [0.25, 0.3) is 11.1 Å². The van der Waals surface area contributed by atoms with Gasteiger partial charge in [0.15, 0.2) is 0 Å². The lowest BCUT2D eigenvalue weighted by Crippen LogP contribution is -2.32. The molecule has 0 spiro atoms. The Morgan fingerprint density at radius 1 is 0.971 bits per heavy atom. The molecule has 0 fully saturated rings. The number of ether oxygens (including phenoxy) is 1. The van der Waals surface area contributed by atoms with Crippen LogP contribution in [0.5, 0.6) is 0 Å². The van der Waals surface area contributed by atoms with Crippen LogP contribution in [0, 0.1) is 0 Å². The van der Waals surface area contributed by atoms with Crippen molar-refractivity contribution in [1.29, 1.82) is 0 Å². The van der Waals surface area contributed by atoms with Crippen LogP contribution >= 0.6 is 11.3 Å². The van der Waals surface area contributed by atoms with Gasteiger partial charge in [0.25, 0.3) is 5.91 Å². The van der Waals surface area contributed by atoms with Crippen molar-refractivity contribution in [2.24, 2.45) is 0 Å². The highest BCUT2D eigenvalue weighted by atomic mass is 32.2. The van der Waals surface area contributed by atoms with Gasteiger partial charge in [-0.15, -0.1) is 11.3 Å². The van der Waals surface area contributed by atoms with E-state index in [9.17, 15) is 22.8 Å². The summed E-state index contributed by atoms with van der Waals surface area (Å²) in [5, 5.41) is 7.60. The van der Waals surface area contributed by atoms with Gasteiger partial charge in [0.05, 0.1) is 29.1 Å². The first-order chi connectivity index (χ1) is 16.1. The molecule has 3 rings (SSSR count). The first kappa shape index (κ1) is 25.1. The minimum absolute atomic E-state index is 0.0167. The fourth-order valence-electron chi connectivity index (χ4n) is 2.95. The molecule has 0 aliphatic carbocycles. The van der Waals surface area contributed by atoms with Gasteiger partial charge in [-0.1, -0.05) is 18.2 Å². The summed E-state index contributed by atoms with van der Waals surface area (Å²) in [6, 6.07) is 14.3.